The number of nitrogens with zero attached hydrogens (tertiary/aromatic N) is 2. The molecule has 2 heterocycles. The molecule has 0 atom stereocenters. The molecule has 0 saturated carbocycles. The molecular weight excluding hydrogens is 304 g/mol. The summed E-state index contributed by atoms with van der Waals surface area (Å²) in [5, 5.41) is 2.05. The van der Waals surface area contributed by atoms with Crippen molar-refractivity contribution in [2.75, 3.05) is 39.5 Å². The minimum atomic E-state index is 0.335. The molecule has 0 N–H and O–H groups in total. The Kier molecular flexibility index (Phi) is 4.53. The zero-order chi connectivity index (χ0) is 16.2. The molecule has 0 aromatic heterocycles. The van der Waals surface area contributed by atoms with Gasteiger partial charge in [0.25, 0.3) is 0 Å². The Morgan fingerprint density at radius 3 is 2.50 bits per heavy atom. The lowest BCUT2D eigenvalue weighted by molar-refractivity contribution is -0.0882. The van der Waals surface area contributed by atoms with Crippen LogP contribution in [0.1, 0.15) is 5.56 Å². The molecule has 2 aromatic rings. The van der Waals surface area contributed by atoms with Crippen LogP contribution in [0, 0.1) is 0 Å². The largest absolute Gasteiger partial charge is 0.454 e. The van der Waals surface area contributed by atoms with Gasteiger partial charge in [-0.1, -0.05) is 24.3 Å². The number of piperazine rings is 1. The number of fused-ring (bicyclic) bond motifs is 1. The van der Waals surface area contributed by atoms with Crippen molar-refractivity contribution in [1.82, 2.24) is 9.96 Å². The van der Waals surface area contributed by atoms with Crippen LogP contribution >= 0.6 is 0 Å². The highest BCUT2D eigenvalue weighted by molar-refractivity contribution is 5.44. The van der Waals surface area contributed by atoms with Crippen LogP contribution in [0.25, 0.3) is 0 Å². The summed E-state index contributed by atoms with van der Waals surface area (Å²) >= 11 is 0. The van der Waals surface area contributed by atoms with Gasteiger partial charge in [0.05, 0.1) is 0 Å². The summed E-state index contributed by atoms with van der Waals surface area (Å²) in [6.07, 6.45) is 1.02. The van der Waals surface area contributed by atoms with Gasteiger partial charge in [0.15, 0.2) is 11.5 Å². The second-order valence-corrected chi connectivity index (χ2v) is 6.11. The van der Waals surface area contributed by atoms with Crippen LogP contribution in [0.5, 0.6) is 17.2 Å². The molecular formula is C19H22N2O3. The van der Waals surface area contributed by atoms with Crippen molar-refractivity contribution in [3.63, 3.8) is 0 Å². The molecule has 5 heteroatoms. The molecule has 126 valence electrons. The maximum atomic E-state index is 5.89. The first-order chi connectivity index (χ1) is 11.9. The number of ether oxygens (including phenoxy) is 2. The van der Waals surface area contributed by atoms with Crippen molar-refractivity contribution in [3.05, 3.63) is 54.1 Å². The van der Waals surface area contributed by atoms with E-state index in [-0.39, 0.29) is 0 Å². The maximum absolute atomic E-state index is 5.89. The molecule has 5 nitrogen and oxygen atoms in total. The topological polar surface area (TPSA) is 34.2 Å². The monoisotopic (exact) mass is 326 g/mol. The number of benzene rings is 2. The number of hydroxylamine groups is 2. The lowest BCUT2D eigenvalue weighted by Crippen LogP contribution is -2.48. The quantitative estimate of drug-likeness (QED) is 0.844. The van der Waals surface area contributed by atoms with Crippen LogP contribution in [0.2, 0.25) is 0 Å². The lowest BCUT2D eigenvalue weighted by Gasteiger charge is -2.33. The van der Waals surface area contributed by atoms with E-state index in [4.69, 9.17) is 14.3 Å². The minimum Gasteiger partial charge on any atom is -0.454 e. The number of rotatable bonds is 5. The van der Waals surface area contributed by atoms with Crippen LogP contribution in [-0.4, -0.2) is 49.5 Å². The van der Waals surface area contributed by atoms with Crippen LogP contribution in [0.3, 0.4) is 0 Å². The Hall–Kier alpha value is -2.24. The third kappa shape index (κ3) is 3.63. The van der Waals surface area contributed by atoms with Crippen molar-refractivity contribution in [3.8, 4) is 17.2 Å². The van der Waals surface area contributed by atoms with E-state index in [1.165, 1.54) is 5.56 Å². The van der Waals surface area contributed by atoms with Gasteiger partial charge < -0.3 is 19.2 Å². The van der Waals surface area contributed by atoms with Crippen molar-refractivity contribution in [2.45, 2.75) is 6.42 Å². The van der Waals surface area contributed by atoms with Gasteiger partial charge in [0, 0.05) is 32.7 Å². The van der Waals surface area contributed by atoms with E-state index in [1.54, 1.807) is 0 Å². The SMILES string of the molecule is c1ccc(ON2CCN(CCc3ccc4c(c3)OCO4)CC2)cc1. The first-order valence-corrected chi connectivity index (χ1v) is 8.46. The van der Waals surface area contributed by atoms with Crippen LogP contribution in [-0.2, 0) is 6.42 Å². The number of hydrogen-bond acceptors (Lipinski definition) is 5. The molecule has 1 saturated heterocycles. The van der Waals surface area contributed by atoms with Crippen LogP contribution < -0.4 is 14.3 Å². The highest BCUT2D eigenvalue weighted by Crippen LogP contribution is 2.32. The van der Waals surface area contributed by atoms with E-state index in [2.05, 4.69) is 17.0 Å². The molecule has 0 radical (unpaired) electrons. The lowest BCUT2D eigenvalue weighted by atomic mass is 10.1. The molecule has 2 aromatic carbocycles. The van der Waals surface area contributed by atoms with E-state index in [1.807, 2.05) is 41.5 Å². The highest BCUT2D eigenvalue weighted by atomic mass is 16.7. The van der Waals surface area contributed by atoms with Gasteiger partial charge in [-0.05, 0) is 36.2 Å². The van der Waals surface area contributed by atoms with Crippen LogP contribution in [0.4, 0.5) is 0 Å². The van der Waals surface area contributed by atoms with E-state index in [9.17, 15) is 0 Å². The van der Waals surface area contributed by atoms with E-state index < -0.39 is 0 Å². The fourth-order valence-corrected chi connectivity index (χ4v) is 3.06. The molecule has 4 rings (SSSR count). The first-order valence-electron chi connectivity index (χ1n) is 8.46. The maximum Gasteiger partial charge on any atom is 0.231 e. The summed E-state index contributed by atoms with van der Waals surface area (Å²) < 4.78 is 10.8. The third-order valence-corrected chi connectivity index (χ3v) is 4.46. The predicted molar refractivity (Wildman–Crippen MR) is 91.4 cm³/mol. The van der Waals surface area contributed by atoms with Gasteiger partial charge in [-0.2, -0.15) is 0 Å². The van der Waals surface area contributed by atoms with Crippen molar-refractivity contribution in [2.24, 2.45) is 0 Å². The fourth-order valence-electron chi connectivity index (χ4n) is 3.06. The van der Waals surface area contributed by atoms with Gasteiger partial charge in [0.1, 0.15) is 5.75 Å². The first kappa shape index (κ1) is 15.3. The summed E-state index contributed by atoms with van der Waals surface area (Å²) in [4.78, 5) is 8.37. The molecule has 0 spiro atoms. The Balaban J connectivity index is 1.23. The van der Waals surface area contributed by atoms with Crippen molar-refractivity contribution >= 4 is 0 Å². The van der Waals surface area contributed by atoms with Gasteiger partial charge in [-0.15, -0.1) is 5.06 Å². The second kappa shape index (κ2) is 7.11. The average molecular weight is 326 g/mol. The molecule has 0 amide bonds. The van der Waals surface area contributed by atoms with Gasteiger partial charge >= 0.3 is 0 Å². The van der Waals surface area contributed by atoms with Gasteiger partial charge in [-0.25, -0.2) is 0 Å². The van der Waals surface area contributed by atoms with Gasteiger partial charge in [-0.3, -0.25) is 0 Å². The molecule has 0 aliphatic carbocycles. The number of hydrogen-bond donors (Lipinski definition) is 0. The Bertz CT molecular complexity index is 670. The summed E-state index contributed by atoms with van der Waals surface area (Å²) in [6.45, 7) is 5.29. The standard InChI is InChI=1S/C19H22N2O3/c1-2-4-17(5-3-1)24-21-12-10-20(11-13-21)9-8-16-6-7-18-19(14-16)23-15-22-18/h1-7,14H,8-13,15H2. The van der Waals surface area contributed by atoms with Crippen LogP contribution in [0.15, 0.2) is 48.5 Å². The Morgan fingerprint density at radius 1 is 0.875 bits per heavy atom. The predicted octanol–water partition coefficient (Wildman–Crippen LogP) is 2.57. The van der Waals surface area contributed by atoms with Gasteiger partial charge in [0.2, 0.25) is 6.79 Å². The molecule has 2 aliphatic rings. The normalized spacial score (nSPS) is 17.8. The molecule has 1 fully saturated rings. The minimum absolute atomic E-state index is 0.335. The summed E-state index contributed by atoms with van der Waals surface area (Å²) in [6, 6.07) is 16.2. The zero-order valence-corrected chi connectivity index (χ0v) is 13.7. The smallest absolute Gasteiger partial charge is 0.231 e. The third-order valence-electron chi connectivity index (χ3n) is 4.46. The molecule has 2 aliphatic heterocycles. The van der Waals surface area contributed by atoms with E-state index in [0.717, 1.165) is 56.4 Å². The van der Waals surface area contributed by atoms with Crippen molar-refractivity contribution in [1.29, 1.82) is 0 Å². The van der Waals surface area contributed by atoms with Crippen molar-refractivity contribution < 1.29 is 14.3 Å². The van der Waals surface area contributed by atoms with E-state index >= 15 is 0 Å². The average Bonchev–Trinajstić information content (AvgIpc) is 3.10. The summed E-state index contributed by atoms with van der Waals surface area (Å²) in [7, 11) is 0. The number of para-hydroxylation sites is 1. The van der Waals surface area contributed by atoms with E-state index in [0.29, 0.717) is 6.79 Å². The Labute approximate surface area is 142 Å². The summed E-state index contributed by atoms with van der Waals surface area (Å²) in [5.41, 5.74) is 1.29. The molecule has 0 bridgehead atoms. The summed E-state index contributed by atoms with van der Waals surface area (Å²) in [5.74, 6) is 2.63. The molecule has 0 unspecified atom stereocenters. The highest BCUT2D eigenvalue weighted by Gasteiger charge is 2.18. The Morgan fingerprint density at radius 2 is 1.67 bits per heavy atom. The zero-order valence-electron chi connectivity index (χ0n) is 13.7. The second-order valence-electron chi connectivity index (χ2n) is 6.11. The molecule has 24 heavy (non-hydrogen) atoms. The fraction of sp³-hybridized carbons (Fsp3) is 0.368.